The summed E-state index contributed by atoms with van der Waals surface area (Å²) in [5.74, 6) is 0. The van der Waals surface area contributed by atoms with Crippen LogP contribution in [0.3, 0.4) is 0 Å². The van der Waals surface area contributed by atoms with Gasteiger partial charge in [0.05, 0.1) is 5.69 Å². The van der Waals surface area contributed by atoms with Crippen LogP contribution in [0.15, 0.2) is 35.0 Å². The quantitative estimate of drug-likeness (QED) is 0.649. The fraction of sp³-hybridized carbons (Fsp3) is 0.286. The van der Waals surface area contributed by atoms with Crippen LogP contribution in [0.25, 0.3) is 0 Å². The summed E-state index contributed by atoms with van der Waals surface area (Å²) < 4.78 is 1.25. The topological polar surface area (TPSA) is 29.3 Å². The van der Waals surface area contributed by atoms with E-state index in [-0.39, 0.29) is 0 Å². The molecule has 2 aromatic rings. The molecule has 2 N–H and O–H groups in total. The van der Waals surface area contributed by atoms with Gasteiger partial charge in [-0.2, -0.15) is 11.3 Å². The molecule has 4 heteroatoms. The van der Waals surface area contributed by atoms with Gasteiger partial charge in [-0.3, -0.25) is 0 Å². The highest BCUT2D eigenvalue weighted by Gasteiger charge is 2.30. The molecule has 0 atom stereocenters. The van der Waals surface area contributed by atoms with E-state index in [1.54, 1.807) is 11.3 Å². The Kier molecular flexibility index (Phi) is 3.48. The average Bonchev–Trinajstić information content (AvgIpc) is 3.05. The van der Waals surface area contributed by atoms with Gasteiger partial charge in [0.1, 0.15) is 0 Å². The van der Waals surface area contributed by atoms with Crippen molar-refractivity contribution in [3.05, 3.63) is 44.2 Å². The number of halogens is 1. The first-order valence-electron chi connectivity index (χ1n) is 6.07. The third kappa shape index (κ3) is 2.64. The lowest BCUT2D eigenvalue weighted by molar-refractivity contribution is 0.794. The maximum Gasteiger partial charge on any atom is 0.0508 e. The van der Waals surface area contributed by atoms with E-state index in [1.165, 1.54) is 27.7 Å². The van der Waals surface area contributed by atoms with Gasteiger partial charge in [-0.05, 0) is 76.0 Å². The minimum Gasteiger partial charge on any atom is -0.399 e. The monoisotopic (exact) mass is 370 g/mol. The summed E-state index contributed by atoms with van der Waals surface area (Å²) in [6, 6.07) is 9.13. The smallest absolute Gasteiger partial charge is 0.0508 e. The first-order valence-corrected chi connectivity index (χ1v) is 8.09. The van der Waals surface area contributed by atoms with E-state index >= 15 is 0 Å². The predicted molar refractivity (Wildman–Crippen MR) is 87.1 cm³/mol. The molecule has 0 unspecified atom stereocenters. The number of hydrogen-bond acceptors (Lipinski definition) is 3. The molecule has 1 aromatic heterocycles. The van der Waals surface area contributed by atoms with Crippen LogP contribution >= 0.6 is 33.9 Å². The molecule has 1 saturated carbocycles. The lowest BCUT2D eigenvalue weighted by Gasteiger charge is -2.25. The SMILES string of the molecule is Nc1ccc(N(Cc2ccsc2)C2CC2)c(I)c1. The number of nitrogens with zero attached hydrogens (tertiary/aromatic N) is 1. The lowest BCUT2D eigenvalue weighted by atomic mass is 10.2. The zero-order valence-electron chi connectivity index (χ0n) is 9.97. The van der Waals surface area contributed by atoms with Crippen LogP contribution in [0.5, 0.6) is 0 Å². The fourth-order valence-corrected chi connectivity index (χ4v) is 3.64. The van der Waals surface area contributed by atoms with Crippen molar-refractivity contribution in [3.8, 4) is 0 Å². The molecule has 0 radical (unpaired) electrons. The lowest BCUT2D eigenvalue weighted by Crippen LogP contribution is -2.25. The molecule has 0 aliphatic heterocycles. The van der Waals surface area contributed by atoms with E-state index in [1.807, 2.05) is 6.07 Å². The number of nitrogen functional groups attached to an aromatic ring is 1. The molecule has 0 saturated heterocycles. The zero-order valence-corrected chi connectivity index (χ0v) is 12.9. The maximum atomic E-state index is 5.83. The Hall–Kier alpha value is -0.750. The van der Waals surface area contributed by atoms with Crippen molar-refractivity contribution in [2.75, 3.05) is 10.6 Å². The molecule has 1 fully saturated rings. The Morgan fingerprint density at radius 2 is 2.17 bits per heavy atom. The summed E-state index contributed by atoms with van der Waals surface area (Å²) >= 11 is 4.15. The van der Waals surface area contributed by atoms with E-state index in [0.717, 1.165) is 12.2 Å². The molecule has 18 heavy (non-hydrogen) atoms. The third-order valence-electron chi connectivity index (χ3n) is 3.20. The number of hydrogen-bond donors (Lipinski definition) is 1. The first kappa shape index (κ1) is 12.3. The fourth-order valence-electron chi connectivity index (χ4n) is 2.13. The van der Waals surface area contributed by atoms with Crippen LogP contribution < -0.4 is 10.6 Å². The van der Waals surface area contributed by atoms with Gasteiger partial charge in [0.15, 0.2) is 0 Å². The molecule has 1 aliphatic carbocycles. The van der Waals surface area contributed by atoms with Crippen LogP contribution in [-0.2, 0) is 6.54 Å². The molecule has 1 aromatic carbocycles. The van der Waals surface area contributed by atoms with Crippen LogP contribution in [0, 0.1) is 3.57 Å². The summed E-state index contributed by atoms with van der Waals surface area (Å²) in [5.41, 5.74) is 9.40. The number of thiophene rings is 1. The van der Waals surface area contributed by atoms with Crippen molar-refractivity contribution in [1.29, 1.82) is 0 Å². The molecule has 3 rings (SSSR count). The van der Waals surface area contributed by atoms with Gasteiger partial charge in [-0.1, -0.05) is 0 Å². The minimum absolute atomic E-state index is 0.710. The van der Waals surface area contributed by atoms with Crippen molar-refractivity contribution in [1.82, 2.24) is 0 Å². The van der Waals surface area contributed by atoms with Crippen LogP contribution in [-0.4, -0.2) is 6.04 Å². The molecule has 0 spiro atoms. The standard InChI is InChI=1S/C14H15IN2S/c15-13-7-11(16)1-4-14(13)17(12-2-3-12)8-10-5-6-18-9-10/h1,4-7,9,12H,2-3,8,16H2. The summed E-state index contributed by atoms with van der Waals surface area (Å²) in [6.07, 6.45) is 2.62. The van der Waals surface area contributed by atoms with E-state index in [4.69, 9.17) is 5.73 Å². The Labute approximate surface area is 125 Å². The number of rotatable bonds is 4. The summed E-state index contributed by atoms with van der Waals surface area (Å²) in [6.45, 7) is 1.01. The second kappa shape index (κ2) is 5.09. The van der Waals surface area contributed by atoms with E-state index in [9.17, 15) is 0 Å². The van der Waals surface area contributed by atoms with Gasteiger partial charge in [-0.25, -0.2) is 0 Å². The van der Waals surface area contributed by atoms with E-state index in [0.29, 0.717) is 6.04 Å². The summed E-state index contributed by atoms with van der Waals surface area (Å²) in [5, 5.41) is 4.38. The molecular formula is C14H15IN2S. The molecule has 0 bridgehead atoms. The van der Waals surface area contributed by atoms with Crippen LogP contribution in [0.2, 0.25) is 0 Å². The van der Waals surface area contributed by atoms with Crippen molar-refractivity contribution in [3.63, 3.8) is 0 Å². The van der Waals surface area contributed by atoms with E-state index in [2.05, 4.69) is 56.5 Å². The molecule has 1 aliphatic rings. The number of benzene rings is 1. The second-order valence-corrected chi connectivity index (χ2v) is 6.64. The highest BCUT2D eigenvalue weighted by Crippen LogP contribution is 2.36. The zero-order chi connectivity index (χ0) is 12.5. The Morgan fingerprint density at radius 1 is 1.33 bits per heavy atom. The Morgan fingerprint density at radius 3 is 2.78 bits per heavy atom. The van der Waals surface area contributed by atoms with Crippen molar-refractivity contribution < 1.29 is 0 Å². The molecule has 94 valence electrons. The average molecular weight is 370 g/mol. The Bertz CT molecular complexity index is 535. The molecule has 0 amide bonds. The predicted octanol–water partition coefficient (Wildman–Crippen LogP) is 4.10. The second-order valence-electron chi connectivity index (χ2n) is 4.70. The van der Waals surface area contributed by atoms with Crippen molar-refractivity contribution >= 4 is 45.3 Å². The van der Waals surface area contributed by atoms with Gasteiger partial charge in [0.25, 0.3) is 0 Å². The first-order chi connectivity index (χ1) is 8.74. The molecular weight excluding hydrogens is 355 g/mol. The molecule has 1 heterocycles. The maximum absolute atomic E-state index is 5.83. The van der Waals surface area contributed by atoms with Gasteiger partial charge in [0.2, 0.25) is 0 Å². The minimum atomic E-state index is 0.710. The van der Waals surface area contributed by atoms with Crippen LogP contribution in [0.1, 0.15) is 18.4 Å². The number of nitrogens with two attached hydrogens (primary N) is 1. The Balaban J connectivity index is 1.89. The highest BCUT2D eigenvalue weighted by molar-refractivity contribution is 14.1. The highest BCUT2D eigenvalue weighted by atomic mass is 127. The van der Waals surface area contributed by atoms with Crippen molar-refractivity contribution in [2.24, 2.45) is 0 Å². The summed E-state index contributed by atoms with van der Waals surface area (Å²) in [4.78, 5) is 2.52. The van der Waals surface area contributed by atoms with Crippen molar-refractivity contribution in [2.45, 2.75) is 25.4 Å². The third-order valence-corrected chi connectivity index (χ3v) is 4.80. The van der Waals surface area contributed by atoms with Crippen LogP contribution in [0.4, 0.5) is 11.4 Å². The van der Waals surface area contributed by atoms with Gasteiger partial charge in [0, 0.05) is 21.8 Å². The normalized spacial score (nSPS) is 14.7. The van der Waals surface area contributed by atoms with Gasteiger partial charge < -0.3 is 10.6 Å². The van der Waals surface area contributed by atoms with Gasteiger partial charge in [-0.15, -0.1) is 0 Å². The van der Waals surface area contributed by atoms with Gasteiger partial charge >= 0.3 is 0 Å². The number of anilines is 2. The largest absolute Gasteiger partial charge is 0.399 e. The summed E-state index contributed by atoms with van der Waals surface area (Å²) in [7, 11) is 0. The molecule has 2 nitrogen and oxygen atoms in total. The van der Waals surface area contributed by atoms with E-state index < -0.39 is 0 Å².